The normalized spacial score (nSPS) is 22.0. The Morgan fingerprint density at radius 2 is 2.08 bits per heavy atom. The lowest BCUT2D eigenvalue weighted by Gasteiger charge is -2.48. The summed E-state index contributed by atoms with van der Waals surface area (Å²) in [4.78, 5) is 36.8. The van der Waals surface area contributed by atoms with Gasteiger partial charge in [0.1, 0.15) is 22.9 Å². The molecule has 2 heterocycles. The van der Waals surface area contributed by atoms with Crippen molar-refractivity contribution in [2.24, 2.45) is 0 Å². The summed E-state index contributed by atoms with van der Waals surface area (Å²) >= 11 is 1.34. The molecule has 0 aromatic heterocycles. The summed E-state index contributed by atoms with van der Waals surface area (Å²) in [7, 11) is 1.36. The molecule has 8 nitrogen and oxygen atoms in total. The van der Waals surface area contributed by atoms with Crippen LogP contribution in [0.3, 0.4) is 0 Å². The molecule has 25 heavy (non-hydrogen) atoms. The van der Waals surface area contributed by atoms with Crippen LogP contribution in [-0.2, 0) is 19.1 Å². The number of methoxy groups -OCH3 is 1. The van der Waals surface area contributed by atoms with Crippen molar-refractivity contribution in [2.45, 2.75) is 11.4 Å². The van der Waals surface area contributed by atoms with Crippen molar-refractivity contribution >= 4 is 29.5 Å². The van der Waals surface area contributed by atoms with Gasteiger partial charge >= 0.3 is 5.97 Å². The molecule has 0 spiro atoms. The second-order valence-electron chi connectivity index (χ2n) is 5.34. The first-order chi connectivity index (χ1) is 12.0. The van der Waals surface area contributed by atoms with E-state index in [1.54, 1.807) is 24.3 Å². The van der Waals surface area contributed by atoms with E-state index in [4.69, 9.17) is 9.47 Å². The number of rotatable bonds is 6. The van der Waals surface area contributed by atoms with Gasteiger partial charge in [-0.3, -0.25) is 14.5 Å². The van der Waals surface area contributed by atoms with Crippen LogP contribution in [0.25, 0.3) is 0 Å². The van der Waals surface area contributed by atoms with Gasteiger partial charge in [-0.2, -0.15) is 0 Å². The van der Waals surface area contributed by atoms with Crippen LogP contribution in [0.1, 0.15) is 0 Å². The van der Waals surface area contributed by atoms with E-state index < -0.39 is 29.2 Å². The molecular formula is C16H16N2O6S. The molecule has 1 unspecified atom stereocenters. The highest BCUT2D eigenvalue weighted by Crippen LogP contribution is 2.40. The fourth-order valence-corrected chi connectivity index (χ4v) is 3.94. The zero-order valence-corrected chi connectivity index (χ0v) is 14.1. The molecular weight excluding hydrogens is 348 g/mol. The largest absolute Gasteiger partial charge is 0.498 e. The third-order valence-electron chi connectivity index (χ3n) is 3.81. The van der Waals surface area contributed by atoms with Gasteiger partial charge in [0, 0.05) is 0 Å². The molecule has 1 saturated heterocycles. The number of β-lactam (4-membered cyclic amide) rings is 1. The molecule has 0 aliphatic carbocycles. The van der Waals surface area contributed by atoms with Crippen molar-refractivity contribution in [1.82, 2.24) is 10.2 Å². The van der Waals surface area contributed by atoms with E-state index in [2.05, 4.69) is 5.32 Å². The summed E-state index contributed by atoms with van der Waals surface area (Å²) in [5.74, 6) is -1.04. The van der Waals surface area contributed by atoms with Gasteiger partial charge in [0.15, 0.2) is 12.3 Å². The van der Waals surface area contributed by atoms with Crippen molar-refractivity contribution in [3.63, 3.8) is 0 Å². The van der Waals surface area contributed by atoms with Crippen LogP contribution >= 0.6 is 11.8 Å². The molecule has 1 fully saturated rings. The Labute approximate surface area is 147 Å². The summed E-state index contributed by atoms with van der Waals surface area (Å²) < 4.78 is 10.4. The maximum Gasteiger partial charge on any atom is 0.356 e. The van der Waals surface area contributed by atoms with Crippen LogP contribution in [0.4, 0.5) is 0 Å². The molecule has 3 rings (SSSR count). The lowest BCUT2D eigenvalue weighted by Crippen LogP contribution is -2.70. The molecule has 9 heteroatoms. The molecule has 132 valence electrons. The van der Waals surface area contributed by atoms with E-state index in [1.807, 2.05) is 6.07 Å². The van der Waals surface area contributed by atoms with Gasteiger partial charge in [-0.25, -0.2) is 4.79 Å². The van der Waals surface area contributed by atoms with Crippen molar-refractivity contribution in [2.75, 3.05) is 19.5 Å². The Hall–Kier alpha value is -2.68. The van der Waals surface area contributed by atoms with E-state index in [-0.39, 0.29) is 18.1 Å². The number of hydrogen-bond donors (Lipinski definition) is 2. The molecule has 2 aliphatic rings. The lowest BCUT2D eigenvalue weighted by atomic mass is 10.0. The number of nitrogens with zero attached hydrogens (tertiary/aromatic N) is 1. The van der Waals surface area contributed by atoms with Gasteiger partial charge in [-0.05, 0) is 12.1 Å². The summed E-state index contributed by atoms with van der Waals surface area (Å²) in [6.07, 6.45) is 0. The third kappa shape index (κ3) is 3.27. The number of ether oxygens (including phenoxy) is 2. The highest BCUT2D eigenvalue weighted by molar-refractivity contribution is 8.00. The number of benzene rings is 1. The standard InChI is InChI=1S/C16H16N2O6S/c1-23-10-8-25-15-12(14(20)18(15)13(10)16(21)22)17-11(19)7-24-9-5-3-2-4-6-9/h2-6,12,15H,7-8H2,1H3,(H,17,19)(H,21,22)/t12?,15-/m0/s1. The number of thioether (sulfide) groups is 1. The van der Waals surface area contributed by atoms with Gasteiger partial charge < -0.3 is 19.9 Å². The average molecular weight is 364 g/mol. The van der Waals surface area contributed by atoms with Crippen LogP contribution in [0.2, 0.25) is 0 Å². The van der Waals surface area contributed by atoms with E-state index in [0.29, 0.717) is 11.5 Å². The Morgan fingerprint density at radius 1 is 1.36 bits per heavy atom. The van der Waals surface area contributed by atoms with Crippen LogP contribution < -0.4 is 10.1 Å². The Balaban J connectivity index is 1.61. The van der Waals surface area contributed by atoms with E-state index in [0.717, 1.165) is 4.90 Å². The zero-order chi connectivity index (χ0) is 18.0. The Bertz CT molecular complexity index is 735. The predicted molar refractivity (Wildman–Crippen MR) is 88.6 cm³/mol. The van der Waals surface area contributed by atoms with E-state index >= 15 is 0 Å². The molecule has 2 aliphatic heterocycles. The van der Waals surface area contributed by atoms with Gasteiger partial charge in [-0.15, -0.1) is 11.8 Å². The summed E-state index contributed by atoms with van der Waals surface area (Å²) in [5, 5.41) is 11.4. The first-order valence-electron chi connectivity index (χ1n) is 7.45. The number of hydrogen-bond acceptors (Lipinski definition) is 6. The monoisotopic (exact) mass is 364 g/mol. The fourth-order valence-electron chi connectivity index (χ4n) is 2.63. The smallest absolute Gasteiger partial charge is 0.356 e. The summed E-state index contributed by atoms with van der Waals surface area (Å²) in [5.41, 5.74) is -0.165. The number of nitrogens with one attached hydrogen (secondary N) is 1. The molecule has 2 amide bonds. The maximum absolute atomic E-state index is 12.3. The quantitative estimate of drug-likeness (QED) is 0.704. The molecule has 2 atom stereocenters. The number of carbonyl (C=O) groups is 3. The minimum atomic E-state index is -1.23. The van der Waals surface area contributed by atoms with E-state index in [1.165, 1.54) is 18.9 Å². The molecule has 1 aromatic rings. The molecule has 0 bridgehead atoms. The zero-order valence-electron chi connectivity index (χ0n) is 13.3. The minimum Gasteiger partial charge on any atom is -0.498 e. The summed E-state index contributed by atoms with van der Waals surface area (Å²) in [6.45, 7) is -0.226. The topological polar surface area (TPSA) is 105 Å². The highest BCUT2D eigenvalue weighted by atomic mass is 32.2. The lowest BCUT2D eigenvalue weighted by molar-refractivity contribution is -0.151. The maximum atomic E-state index is 12.3. The third-order valence-corrected chi connectivity index (χ3v) is 5.07. The second kappa shape index (κ2) is 7.06. The molecule has 2 N–H and O–H groups in total. The second-order valence-corrected chi connectivity index (χ2v) is 6.44. The van der Waals surface area contributed by atoms with Crippen LogP contribution in [0.15, 0.2) is 41.8 Å². The van der Waals surface area contributed by atoms with Crippen molar-refractivity contribution < 1.29 is 29.0 Å². The summed E-state index contributed by atoms with van der Waals surface area (Å²) in [6, 6.07) is 8.06. The number of aliphatic carboxylic acids is 1. The SMILES string of the molecule is COC1=C(C(=O)O)N2C(=O)C(NC(=O)COc3ccccc3)[C@@H]2SC1. The highest BCUT2D eigenvalue weighted by Gasteiger charge is 2.54. The van der Waals surface area contributed by atoms with Crippen LogP contribution in [-0.4, -0.2) is 58.7 Å². The first kappa shape index (κ1) is 17.2. The number of amides is 2. The van der Waals surface area contributed by atoms with Gasteiger partial charge in [0.25, 0.3) is 11.8 Å². The molecule has 0 saturated carbocycles. The number of carboxylic acid groups (broad SMARTS) is 1. The first-order valence-corrected chi connectivity index (χ1v) is 8.50. The number of para-hydroxylation sites is 1. The van der Waals surface area contributed by atoms with Gasteiger partial charge in [0.05, 0.1) is 12.9 Å². The Morgan fingerprint density at radius 3 is 2.72 bits per heavy atom. The minimum absolute atomic E-state index is 0.165. The van der Waals surface area contributed by atoms with Crippen molar-refractivity contribution in [3.8, 4) is 5.75 Å². The van der Waals surface area contributed by atoms with Gasteiger partial charge in [0.2, 0.25) is 0 Å². The average Bonchev–Trinajstić information content (AvgIpc) is 2.63. The van der Waals surface area contributed by atoms with Crippen molar-refractivity contribution in [3.05, 3.63) is 41.8 Å². The van der Waals surface area contributed by atoms with E-state index in [9.17, 15) is 19.5 Å². The predicted octanol–water partition coefficient (Wildman–Crippen LogP) is 0.408. The van der Waals surface area contributed by atoms with Crippen molar-refractivity contribution in [1.29, 1.82) is 0 Å². The molecule has 0 radical (unpaired) electrons. The fraction of sp³-hybridized carbons (Fsp3) is 0.312. The van der Waals surface area contributed by atoms with Crippen LogP contribution in [0, 0.1) is 0 Å². The number of carboxylic acids is 1. The number of carbonyl (C=O) groups excluding carboxylic acids is 2. The molecule has 1 aromatic carbocycles. The Kier molecular flexibility index (Phi) is 4.84. The number of fused-ring (bicyclic) bond motifs is 1. The van der Waals surface area contributed by atoms with Crippen LogP contribution in [0.5, 0.6) is 5.75 Å². The van der Waals surface area contributed by atoms with Gasteiger partial charge in [-0.1, -0.05) is 18.2 Å².